The first-order valence-electron chi connectivity index (χ1n) is 4.58. The van der Waals surface area contributed by atoms with Crippen LogP contribution in [0.3, 0.4) is 0 Å². The lowest BCUT2D eigenvalue weighted by molar-refractivity contribution is -0.255. The van der Waals surface area contributed by atoms with Crippen molar-refractivity contribution in [2.45, 2.75) is 0 Å². The van der Waals surface area contributed by atoms with Crippen LogP contribution in [0, 0.1) is 5.82 Å². The van der Waals surface area contributed by atoms with Gasteiger partial charge in [-0.05, 0) is 18.2 Å². The quantitative estimate of drug-likeness (QED) is 0.653. The predicted molar refractivity (Wildman–Crippen MR) is 52.4 cm³/mol. The Labute approximate surface area is 94.8 Å². The third-order valence-electron chi connectivity index (χ3n) is 2.24. The van der Waals surface area contributed by atoms with E-state index in [9.17, 15) is 23.9 Å². The van der Waals surface area contributed by atoms with E-state index in [0.717, 1.165) is 35.3 Å². The van der Waals surface area contributed by atoms with Crippen molar-refractivity contribution in [2.75, 3.05) is 4.90 Å². The van der Waals surface area contributed by atoms with E-state index >= 15 is 0 Å². The zero-order chi connectivity index (χ0) is 12.6. The van der Waals surface area contributed by atoms with E-state index in [0.29, 0.717) is 0 Å². The van der Waals surface area contributed by atoms with E-state index in [4.69, 9.17) is 0 Å². The zero-order valence-corrected chi connectivity index (χ0v) is 8.34. The molecule has 1 aromatic rings. The van der Waals surface area contributed by atoms with Crippen LogP contribution in [0.5, 0.6) is 0 Å². The van der Waals surface area contributed by atoms with E-state index in [1.165, 1.54) is 0 Å². The second-order valence-electron chi connectivity index (χ2n) is 3.30. The van der Waals surface area contributed by atoms with Crippen molar-refractivity contribution in [3.05, 3.63) is 41.7 Å². The van der Waals surface area contributed by atoms with Gasteiger partial charge in [-0.15, -0.1) is 0 Å². The maximum atomic E-state index is 13.3. The molecule has 5 nitrogen and oxygen atoms in total. The molecule has 1 heterocycles. The molecule has 0 unspecified atom stereocenters. The van der Waals surface area contributed by atoms with Crippen molar-refractivity contribution in [1.82, 2.24) is 0 Å². The number of rotatable bonds is 2. The zero-order valence-electron chi connectivity index (χ0n) is 8.34. The summed E-state index contributed by atoms with van der Waals surface area (Å²) in [4.78, 5) is 33.8. The summed E-state index contributed by atoms with van der Waals surface area (Å²) in [5.74, 6) is -3.92. The van der Waals surface area contributed by atoms with Crippen molar-refractivity contribution in [2.24, 2.45) is 0 Å². The molecule has 0 aromatic heterocycles. The minimum absolute atomic E-state index is 0.0208. The Balaban J connectivity index is 2.42. The molecule has 86 valence electrons. The number of carboxylic acids is 1. The largest absolute Gasteiger partial charge is 0.545 e. The highest BCUT2D eigenvalue weighted by atomic mass is 19.1. The van der Waals surface area contributed by atoms with Gasteiger partial charge in [-0.25, -0.2) is 9.29 Å². The average Bonchev–Trinajstić information content (AvgIpc) is 2.58. The SMILES string of the molecule is O=C([O-])c1ccc(N2C(=O)C=CC2=O)cc1F. The van der Waals surface area contributed by atoms with Gasteiger partial charge >= 0.3 is 0 Å². The maximum absolute atomic E-state index is 13.3. The van der Waals surface area contributed by atoms with Crippen molar-refractivity contribution < 1.29 is 23.9 Å². The van der Waals surface area contributed by atoms with Gasteiger partial charge in [-0.3, -0.25) is 9.59 Å². The van der Waals surface area contributed by atoms with Gasteiger partial charge in [0.25, 0.3) is 11.8 Å². The first-order valence-corrected chi connectivity index (χ1v) is 4.58. The van der Waals surface area contributed by atoms with Crippen LogP contribution < -0.4 is 10.0 Å². The molecule has 1 aliphatic heterocycles. The number of carbonyl (C=O) groups is 3. The van der Waals surface area contributed by atoms with Gasteiger partial charge in [0.1, 0.15) is 5.82 Å². The lowest BCUT2D eigenvalue weighted by Gasteiger charge is -2.15. The number of benzene rings is 1. The first kappa shape index (κ1) is 11.0. The Morgan fingerprint density at radius 3 is 2.24 bits per heavy atom. The number of hydrogen-bond acceptors (Lipinski definition) is 4. The van der Waals surface area contributed by atoms with Gasteiger partial charge in [-0.1, -0.05) is 0 Å². The van der Waals surface area contributed by atoms with Crippen LogP contribution in [-0.2, 0) is 9.59 Å². The second kappa shape index (κ2) is 3.82. The normalized spacial score (nSPS) is 14.5. The molecule has 2 amide bonds. The maximum Gasteiger partial charge on any atom is 0.258 e. The molecular weight excluding hydrogens is 229 g/mol. The predicted octanol–water partition coefficient (Wildman–Crippen LogP) is -0.381. The van der Waals surface area contributed by atoms with Crippen LogP contribution in [0.25, 0.3) is 0 Å². The summed E-state index contributed by atoms with van der Waals surface area (Å²) < 4.78 is 13.3. The van der Waals surface area contributed by atoms with E-state index in [1.54, 1.807) is 0 Å². The fourth-order valence-corrected chi connectivity index (χ4v) is 1.46. The summed E-state index contributed by atoms with van der Waals surface area (Å²) in [6, 6.07) is 2.91. The second-order valence-corrected chi connectivity index (χ2v) is 3.30. The Morgan fingerprint density at radius 2 is 1.76 bits per heavy atom. The number of aromatic carboxylic acids is 1. The molecule has 0 radical (unpaired) electrons. The molecule has 6 heteroatoms. The molecule has 0 aliphatic carbocycles. The summed E-state index contributed by atoms with van der Waals surface area (Å²) in [6.07, 6.45) is 2.10. The number of carbonyl (C=O) groups excluding carboxylic acids is 3. The number of anilines is 1. The molecule has 0 spiro atoms. The third-order valence-corrected chi connectivity index (χ3v) is 2.24. The third kappa shape index (κ3) is 1.80. The molecule has 0 saturated carbocycles. The van der Waals surface area contributed by atoms with Crippen molar-refractivity contribution >= 4 is 23.5 Å². The van der Waals surface area contributed by atoms with Crippen LogP contribution in [0.2, 0.25) is 0 Å². The van der Waals surface area contributed by atoms with Gasteiger partial charge in [0.05, 0.1) is 11.7 Å². The standard InChI is InChI=1S/C11H6FNO4/c12-8-5-6(1-2-7(8)11(16)17)13-9(14)3-4-10(13)15/h1-5H,(H,16,17)/p-1. The van der Waals surface area contributed by atoms with Crippen molar-refractivity contribution in [1.29, 1.82) is 0 Å². The fourth-order valence-electron chi connectivity index (χ4n) is 1.46. The minimum Gasteiger partial charge on any atom is -0.545 e. The number of halogens is 1. The fraction of sp³-hybridized carbons (Fsp3) is 0. The highest BCUT2D eigenvalue weighted by Crippen LogP contribution is 2.21. The monoisotopic (exact) mass is 234 g/mol. The van der Waals surface area contributed by atoms with Gasteiger partial charge in [0.2, 0.25) is 0 Å². The van der Waals surface area contributed by atoms with E-state index in [1.807, 2.05) is 0 Å². The molecule has 17 heavy (non-hydrogen) atoms. The van der Waals surface area contributed by atoms with Crippen LogP contribution in [-0.4, -0.2) is 17.8 Å². The first-order chi connectivity index (χ1) is 8.00. The molecule has 0 atom stereocenters. The Morgan fingerprint density at radius 1 is 1.18 bits per heavy atom. The highest BCUT2D eigenvalue weighted by Gasteiger charge is 2.25. The van der Waals surface area contributed by atoms with Crippen LogP contribution in [0.4, 0.5) is 10.1 Å². The van der Waals surface area contributed by atoms with Gasteiger partial charge in [0.15, 0.2) is 0 Å². The van der Waals surface area contributed by atoms with Crippen molar-refractivity contribution in [3.8, 4) is 0 Å². The number of imide groups is 1. The lowest BCUT2D eigenvalue weighted by atomic mass is 10.2. The van der Waals surface area contributed by atoms with Crippen LogP contribution in [0.15, 0.2) is 30.4 Å². The molecule has 0 fully saturated rings. The summed E-state index contributed by atoms with van der Waals surface area (Å²) in [7, 11) is 0. The molecule has 0 saturated heterocycles. The van der Waals surface area contributed by atoms with E-state index in [2.05, 4.69) is 0 Å². The van der Waals surface area contributed by atoms with Gasteiger partial charge < -0.3 is 9.90 Å². The summed E-state index contributed by atoms with van der Waals surface area (Å²) >= 11 is 0. The van der Waals surface area contributed by atoms with Gasteiger partial charge in [0, 0.05) is 17.7 Å². The minimum atomic E-state index is -1.66. The highest BCUT2D eigenvalue weighted by molar-refractivity contribution is 6.28. The molecule has 1 aromatic carbocycles. The Kier molecular flexibility index (Phi) is 2.47. The van der Waals surface area contributed by atoms with Crippen LogP contribution in [0.1, 0.15) is 10.4 Å². The smallest absolute Gasteiger partial charge is 0.258 e. The van der Waals surface area contributed by atoms with Gasteiger partial charge in [-0.2, -0.15) is 0 Å². The number of nitrogens with zero attached hydrogens (tertiary/aromatic N) is 1. The number of hydrogen-bond donors (Lipinski definition) is 0. The van der Waals surface area contributed by atoms with Crippen molar-refractivity contribution in [3.63, 3.8) is 0 Å². The summed E-state index contributed by atoms with van der Waals surface area (Å²) in [5, 5.41) is 10.5. The lowest BCUT2D eigenvalue weighted by Crippen LogP contribution is -2.30. The van der Waals surface area contributed by atoms with E-state index < -0.39 is 29.2 Å². The summed E-state index contributed by atoms with van der Waals surface area (Å²) in [6.45, 7) is 0. The Hall–Kier alpha value is -2.50. The Bertz CT molecular complexity index is 547. The van der Waals surface area contributed by atoms with E-state index in [-0.39, 0.29) is 5.69 Å². The number of carboxylic acid groups (broad SMARTS) is 1. The molecular formula is C11H5FNO4-. The average molecular weight is 234 g/mol. The topological polar surface area (TPSA) is 77.5 Å². The summed E-state index contributed by atoms with van der Waals surface area (Å²) in [5.41, 5.74) is -0.645. The number of amides is 2. The molecule has 2 rings (SSSR count). The molecule has 0 bridgehead atoms. The molecule has 1 aliphatic rings. The molecule has 0 N–H and O–H groups in total. The van der Waals surface area contributed by atoms with Crippen LogP contribution >= 0.6 is 0 Å².